The van der Waals surface area contributed by atoms with Crippen LogP contribution in [0.4, 0.5) is 13.2 Å². The second kappa shape index (κ2) is 12.9. The Morgan fingerprint density at radius 2 is 1.89 bits per heavy atom. The van der Waals surface area contributed by atoms with E-state index in [1.54, 1.807) is 14.2 Å². The van der Waals surface area contributed by atoms with Crippen LogP contribution in [0.15, 0.2) is 23.2 Å². The molecule has 0 aliphatic heterocycles. The van der Waals surface area contributed by atoms with Crippen molar-refractivity contribution in [2.24, 2.45) is 10.7 Å². The van der Waals surface area contributed by atoms with Gasteiger partial charge in [0, 0.05) is 13.1 Å². The zero-order chi connectivity index (χ0) is 19.6. The van der Waals surface area contributed by atoms with Gasteiger partial charge < -0.3 is 20.5 Å². The minimum Gasteiger partial charge on any atom is -0.493 e. The fourth-order valence-corrected chi connectivity index (χ4v) is 2.35. The molecule has 0 unspecified atom stereocenters. The van der Waals surface area contributed by atoms with Crippen LogP contribution in [-0.2, 0) is 6.42 Å². The zero-order valence-electron chi connectivity index (χ0n) is 15.8. The highest BCUT2D eigenvalue weighted by molar-refractivity contribution is 14.0. The summed E-state index contributed by atoms with van der Waals surface area (Å²) in [7, 11) is 4.59. The van der Waals surface area contributed by atoms with Gasteiger partial charge in [-0.1, -0.05) is 6.07 Å². The van der Waals surface area contributed by atoms with E-state index in [2.05, 4.69) is 10.3 Å². The number of guanidine groups is 1. The van der Waals surface area contributed by atoms with Gasteiger partial charge in [-0.2, -0.15) is 13.2 Å². The number of hydrogen-bond acceptors (Lipinski definition) is 4. The van der Waals surface area contributed by atoms with Gasteiger partial charge in [-0.25, -0.2) is 0 Å². The molecule has 0 aliphatic rings. The van der Waals surface area contributed by atoms with E-state index in [-0.39, 0.29) is 29.9 Å². The van der Waals surface area contributed by atoms with Crippen molar-refractivity contribution >= 4 is 29.9 Å². The molecule has 0 heterocycles. The van der Waals surface area contributed by atoms with Crippen LogP contribution in [0.2, 0.25) is 0 Å². The Bertz CT molecular complexity index is 586. The molecule has 0 aliphatic carbocycles. The van der Waals surface area contributed by atoms with Gasteiger partial charge in [-0.3, -0.25) is 9.89 Å². The number of hydrogen-bond donors (Lipinski definition) is 2. The molecule has 6 nitrogen and oxygen atoms in total. The molecule has 0 fully saturated rings. The first-order chi connectivity index (χ1) is 12.2. The SMILES string of the molecule is COc1ccc(CCNC(N)=NCCCN(C)CC(F)(F)F)cc1OC.I. The third kappa shape index (κ3) is 11.1. The first-order valence-electron chi connectivity index (χ1n) is 8.25. The first-order valence-corrected chi connectivity index (χ1v) is 8.25. The molecule has 0 saturated carbocycles. The number of ether oxygens (including phenoxy) is 2. The second-order valence-electron chi connectivity index (χ2n) is 5.84. The average Bonchev–Trinajstić information content (AvgIpc) is 2.57. The molecule has 156 valence electrons. The van der Waals surface area contributed by atoms with Crippen LogP contribution in [0.5, 0.6) is 11.5 Å². The molecule has 0 radical (unpaired) electrons. The number of nitrogens with two attached hydrogens (primary N) is 1. The van der Waals surface area contributed by atoms with Crippen LogP contribution < -0.4 is 20.5 Å². The van der Waals surface area contributed by atoms with E-state index in [0.717, 1.165) is 5.56 Å². The van der Waals surface area contributed by atoms with Gasteiger partial charge in [0.1, 0.15) is 0 Å². The maximum Gasteiger partial charge on any atom is 0.401 e. The fraction of sp³-hybridized carbons (Fsp3) is 0.588. The molecule has 10 heteroatoms. The predicted octanol–water partition coefficient (Wildman–Crippen LogP) is 2.65. The van der Waals surface area contributed by atoms with E-state index in [0.29, 0.717) is 44.0 Å². The van der Waals surface area contributed by atoms with Crippen molar-refractivity contribution in [1.82, 2.24) is 10.2 Å². The van der Waals surface area contributed by atoms with Crippen molar-refractivity contribution < 1.29 is 22.6 Å². The Kier molecular flexibility index (Phi) is 12.2. The average molecular weight is 504 g/mol. The summed E-state index contributed by atoms with van der Waals surface area (Å²) in [5, 5.41) is 2.99. The number of rotatable bonds is 10. The molecule has 0 amide bonds. The van der Waals surface area contributed by atoms with Gasteiger partial charge in [0.05, 0.1) is 20.8 Å². The molecule has 1 rings (SSSR count). The summed E-state index contributed by atoms with van der Waals surface area (Å²) in [6.07, 6.45) is -2.96. The molecule has 0 bridgehead atoms. The lowest BCUT2D eigenvalue weighted by Gasteiger charge is -2.17. The molecule has 0 saturated heterocycles. The number of alkyl halides is 3. The maximum atomic E-state index is 12.2. The van der Waals surface area contributed by atoms with E-state index in [4.69, 9.17) is 15.2 Å². The van der Waals surface area contributed by atoms with Gasteiger partial charge in [0.2, 0.25) is 0 Å². The molecule has 3 N–H and O–H groups in total. The largest absolute Gasteiger partial charge is 0.493 e. The van der Waals surface area contributed by atoms with Crippen LogP contribution >= 0.6 is 24.0 Å². The molecule has 0 aromatic heterocycles. The number of halogens is 4. The van der Waals surface area contributed by atoms with Gasteiger partial charge in [0.15, 0.2) is 17.5 Å². The summed E-state index contributed by atoms with van der Waals surface area (Å²) < 4.78 is 47.0. The monoisotopic (exact) mass is 504 g/mol. The van der Waals surface area contributed by atoms with Gasteiger partial charge in [-0.05, 0) is 44.1 Å². The lowest BCUT2D eigenvalue weighted by molar-refractivity contribution is -0.143. The quantitative estimate of drug-likeness (QED) is 0.222. The molecule has 27 heavy (non-hydrogen) atoms. The summed E-state index contributed by atoms with van der Waals surface area (Å²) in [6.45, 7) is 0.341. The number of aliphatic imine (C=N–C) groups is 1. The summed E-state index contributed by atoms with van der Waals surface area (Å²) >= 11 is 0. The van der Waals surface area contributed by atoms with E-state index >= 15 is 0 Å². The van der Waals surface area contributed by atoms with Gasteiger partial charge in [0.25, 0.3) is 0 Å². The zero-order valence-corrected chi connectivity index (χ0v) is 18.1. The Morgan fingerprint density at radius 3 is 2.48 bits per heavy atom. The minimum absolute atomic E-state index is 0. The predicted molar refractivity (Wildman–Crippen MR) is 111 cm³/mol. The highest BCUT2D eigenvalue weighted by Gasteiger charge is 2.28. The Morgan fingerprint density at radius 1 is 1.22 bits per heavy atom. The molecule has 0 spiro atoms. The standard InChI is InChI=1S/C17H27F3N4O2.HI/c1-24(12-17(18,19)20)10-4-8-22-16(21)23-9-7-13-5-6-14(25-2)15(11-13)26-3;/h5-6,11H,4,7-10,12H2,1-3H3,(H3,21,22,23);1H. The van der Waals surface area contributed by atoms with E-state index in [1.165, 1.54) is 11.9 Å². The minimum atomic E-state index is -4.18. The smallest absolute Gasteiger partial charge is 0.401 e. The van der Waals surface area contributed by atoms with Crippen molar-refractivity contribution in [2.45, 2.75) is 19.0 Å². The third-order valence-electron chi connectivity index (χ3n) is 3.60. The summed E-state index contributed by atoms with van der Waals surface area (Å²) in [5.74, 6) is 1.61. The van der Waals surface area contributed by atoms with Crippen molar-refractivity contribution in [1.29, 1.82) is 0 Å². The fourth-order valence-electron chi connectivity index (χ4n) is 2.35. The van der Waals surface area contributed by atoms with Crippen molar-refractivity contribution in [3.63, 3.8) is 0 Å². The van der Waals surface area contributed by atoms with Crippen molar-refractivity contribution in [2.75, 3.05) is 47.4 Å². The number of nitrogens with zero attached hydrogens (tertiary/aromatic N) is 2. The van der Waals surface area contributed by atoms with Crippen LogP contribution in [0.25, 0.3) is 0 Å². The third-order valence-corrected chi connectivity index (χ3v) is 3.60. The second-order valence-corrected chi connectivity index (χ2v) is 5.84. The van der Waals surface area contributed by atoms with Gasteiger partial charge >= 0.3 is 6.18 Å². The van der Waals surface area contributed by atoms with Crippen LogP contribution in [0, 0.1) is 0 Å². The van der Waals surface area contributed by atoms with E-state index < -0.39 is 12.7 Å². The van der Waals surface area contributed by atoms with Crippen LogP contribution in [0.3, 0.4) is 0 Å². The number of benzene rings is 1. The highest BCUT2D eigenvalue weighted by atomic mass is 127. The lowest BCUT2D eigenvalue weighted by atomic mass is 10.1. The lowest BCUT2D eigenvalue weighted by Crippen LogP contribution is -2.34. The molecule has 0 atom stereocenters. The van der Waals surface area contributed by atoms with E-state index in [1.807, 2.05) is 18.2 Å². The van der Waals surface area contributed by atoms with Crippen LogP contribution in [0.1, 0.15) is 12.0 Å². The summed E-state index contributed by atoms with van der Waals surface area (Å²) in [5.41, 5.74) is 6.81. The van der Waals surface area contributed by atoms with Crippen LogP contribution in [-0.4, -0.2) is 64.5 Å². The number of nitrogens with one attached hydrogen (secondary N) is 1. The summed E-state index contributed by atoms with van der Waals surface area (Å²) in [6, 6.07) is 5.67. The molecule has 1 aromatic carbocycles. The highest BCUT2D eigenvalue weighted by Crippen LogP contribution is 2.27. The topological polar surface area (TPSA) is 72.1 Å². The Hall–Kier alpha value is -1.43. The normalized spacial score (nSPS) is 11.9. The first kappa shape index (κ1) is 25.6. The van der Waals surface area contributed by atoms with E-state index in [9.17, 15) is 13.2 Å². The number of methoxy groups -OCH3 is 2. The van der Waals surface area contributed by atoms with Crippen molar-refractivity contribution in [3.8, 4) is 11.5 Å². The maximum absolute atomic E-state index is 12.2. The molecular weight excluding hydrogens is 476 g/mol. The Labute approximate surface area is 175 Å². The summed E-state index contributed by atoms with van der Waals surface area (Å²) in [4.78, 5) is 5.33. The Balaban J connectivity index is 0.00000676. The van der Waals surface area contributed by atoms with Gasteiger partial charge in [-0.15, -0.1) is 24.0 Å². The molecular formula is C17H28F3IN4O2. The molecule has 1 aromatic rings. The van der Waals surface area contributed by atoms with Crippen molar-refractivity contribution in [3.05, 3.63) is 23.8 Å².